The predicted octanol–water partition coefficient (Wildman–Crippen LogP) is 11.8. The Balaban J connectivity index is 1.28. The third kappa shape index (κ3) is 5.45. The maximum Gasteiger partial charge on any atom is 0.164 e. The molecule has 0 radical (unpaired) electrons. The van der Waals surface area contributed by atoms with Crippen molar-refractivity contribution in [2.45, 2.75) is 0 Å². The van der Waals surface area contributed by atoms with Gasteiger partial charge in [-0.3, -0.25) is 0 Å². The summed E-state index contributed by atoms with van der Waals surface area (Å²) in [6.45, 7) is 0. The average molecular weight is 634 g/mol. The molecule has 4 nitrogen and oxygen atoms in total. The summed E-state index contributed by atoms with van der Waals surface area (Å²) in [6, 6.07) is 42.6. The van der Waals surface area contributed by atoms with Gasteiger partial charge in [0.25, 0.3) is 0 Å². The number of hydrogen-bond donors (Lipinski definition) is 0. The van der Waals surface area contributed by atoms with Gasteiger partial charge in [-0.2, -0.15) is 0 Å². The summed E-state index contributed by atoms with van der Waals surface area (Å²) in [6.07, 6.45) is 0. The predicted molar refractivity (Wildman–Crippen MR) is 200 cm³/mol. The van der Waals surface area contributed by atoms with Crippen LogP contribution in [0, 0.1) is 0 Å². The highest BCUT2D eigenvalue weighted by atomic mass is 16.3. The van der Waals surface area contributed by atoms with Gasteiger partial charge in [-0.25, -0.2) is 15.0 Å². The van der Waals surface area contributed by atoms with Crippen molar-refractivity contribution in [2.75, 3.05) is 0 Å². The monoisotopic (exact) mass is 633 g/mol. The van der Waals surface area contributed by atoms with Crippen LogP contribution in [-0.2, 0) is 0 Å². The van der Waals surface area contributed by atoms with Crippen molar-refractivity contribution >= 4 is 21.9 Å². The Morgan fingerprint density at radius 3 is 1.65 bits per heavy atom. The van der Waals surface area contributed by atoms with E-state index in [2.05, 4.69) is 0 Å². The molecule has 0 fully saturated rings. The fraction of sp³-hybridized carbons (Fsp3) is 0. The van der Waals surface area contributed by atoms with Gasteiger partial charge >= 0.3 is 0 Å². The molecule has 0 atom stereocenters. The van der Waals surface area contributed by atoms with Gasteiger partial charge in [-0.15, -0.1) is 0 Å². The Morgan fingerprint density at radius 2 is 0.918 bits per heavy atom. The van der Waals surface area contributed by atoms with E-state index >= 15 is 0 Å². The van der Waals surface area contributed by atoms with Crippen molar-refractivity contribution < 1.29 is 12.6 Å². The number of fused-ring (bicyclic) bond motifs is 3. The molecule has 0 bridgehead atoms. The van der Waals surface area contributed by atoms with Gasteiger partial charge in [0.1, 0.15) is 11.2 Å². The third-order valence-corrected chi connectivity index (χ3v) is 8.41. The topological polar surface area (TPSA) is 51.8 Å². The summed E-state index contributed by atoms with van der Waals surface area (Å²) in [5, 5.41) is 0.160. The van der Waals surface area contributed by atoms with Gasteiger partial charge in [-0.05, 0) is 63.6 Å². The molecule has 0 N–H and O–H groups in total. The van der Waals surface area contributed by atoms with Crippen molar-refractivity contribution in [1.29, 1.82) is 0 Å². The molecular formula is C45H29N3O. The van der Waals surface area contributed by atoms with E-state index in [0.717, 1.165) is 22.3 Å². The lowest BCUT2D eigenvalue weighted by Gasteiger charge is -2.12. The molecule has 4 heteroatoms. The Bertz CT molecular complexity index is 2940. The summed E-state index contributed by atoms with van der Waals surface area (Å²) in [5.74, 6) is 0.650. The summed E-state index contributed by atoms with van der Waals surface area (Å²) in [7, 11) is 0. The van der Waals surface area contributed by atoms with Crippen molar-refractivity contribution in [3.8, 4) is 67.5 Å². The van der Waals surface area contributed by atoms with Gasteiger partial charge in [0.2, 0.25) is 0 Å². The minimum Gasteiger partial charge on any atom is -0.456 e. The van der Waals surface area contributed by atoms with Crippen molar-refractivity contribution in [3.05, 3.63) is 176 Å². The van der Waals surface area contributed by atoms with Crippen LogP contribution in [0.3, 0.4) is 0 Å². The molecule has 9 rings (SSSR count). The second kappa shape index (κ2) is 12.2. The van der Waals surface area contributed by atoms with E-state index in [1.165, 1.54) is 0 Å². The van der Waals surface area contributed by atoms with Gasteiger partial charge in [0.15, 0.2) is 17.5 Å². The Kier molecular flexibility index (Phi) is 5.67. The fourth-order valence-electron chi connectivity index (χ4n) is 6.00. The molecule has 0 aliphatic heterocycles. The summed E-state index contributed by atoms with van der Waals surface area (Å²) < 4.78 is 61.6. The van der Waals surface area contributed by atoms with E-state index in [9.17, 15) is 5.48 Å². The number of nitrogens with zero attached hydrogens (tertiary/aromatic N) is 3. The summed E-state index contributed by atoms with van der Waals surface area (Å²) in [5.41, 5.74) is 5.62. The number of rotatable bonds is 6. The number of furan rings is 1. The van der Waals surface area contributed by atoms with Crippen LogP contribution in [0.25, 0.3) is 89.5 Å². The first kappa shape index (κ1) is 22.8. The second-order valence-corrected chi connectivity index (χ2v) is 11.5. The highest BCUT2D eigenvalue weighted by Crippen LogP contribution is 2.37. The van der Waals surface area contributed by atoms with E-state index in [4.69, 9.17) is 22.1 Å². The minimum atomic E-state index is -0.332. The standard InChI is InChI=1S/C45H29N3O/c1-4-13-30(14-5-1)33-19-12-20-34(27-33)35-24-26-41-40(28-35)38-25-23-36(29-42(38)49-41)44-46-43(32-17-8-3-9-18-32)47-45(48-44)39-22-11-10-21-37(39)31-15-6-2-7-16-31/h1-29H/i23D,24D,25D,26D,28D,29D. The molecule has 0 saturated heterocycles. The molecule has 0 unspecified atom stereocenters. The van der Waals surface area contributed by atoms with Gasteiger partial charge in [0, 0.05) is 27.5 Å². The molecule has 49 heavy (non-hydrogen) atoms. The molecule has 7 aromatic carbocycles. The first-order chi connectivity index (χ1) is 26.8. The van der Waals surface area contributed by atoms with Gasteiger partial charge in [0.05, 0.1) is 8.22 Å². The van der Waals surface area contributed by atoms with Crippen molar-refractivity contribution in [2.24, 2.45) is 0 Å². The summed E-state index contributed by atoms with van der Waals surface area (Å²) >= 11 is 0. The third-order valence-electron chi connectivity index (χ3n) is 8.41. The zero-order chi connectivity index (χ0) is 37.8. The molecule has 0 aliphatic carbocycles. The molecule has 0 aliphatic rings. The van der Waals surface area contributed by atoms with Crippen LogP contribution in [0.4, 0.5) is 0 Å². The van der Waals surface area contributed by atoms with Crippen LogP contribution >= 0.6 is 0 Å². The van der Waals surface area contributed by atoms with Crippen molar-refractivity contribution in [1.82, 2.24) is 15.0 Å². The Morgan fingerprint density at radius 1 is 0.367 bits per heavy atom. The molecule has 0 saturated carbocycles. The Labute approximate surface area is 292 Å². The van der Waals surface area contributed by atoms with E-state index in [1.807, 2.05) is 133 Å². The van der Waals surface area contributed by atoms with E-state index in [0.29, 0.717) is 28.3 Å². The average Bonchev–Trinajstić information content (AvgIpc) is 3.65. The lowest BCUT2D eigenvalue weighted by Crippen LogP contribution is -2.01. The van der Waals surface area contributed by atoms with Crippen LogP contribution < -0.4 is 0 Å². The molecular weight excluding hydrogens is 599 g/mol. The number of aromatic nitrogens is 3. The van der Waals surface area contributed by atoms with Gasteiger partial charge < -0.3 is 4.42 Å². The second-order valence-electron chi connectivity index (χ2n) is 11.5. The fourth-order valence-corrected chi connectivity index (χ4v) is 6.00. The summed E-state index contributed by atoms with van der Waals surface area (Å²) in [4.78, 5) is 14.5. The molecule has 0 spiro atoms. The molecule has 9 aromatic rings. The van der Waals surface area contributed by atoms with Crippen molar-refractivity contribution in [3.63, 3.8) is 0 Å². The highest BCUT2D eigenvalue weighted by Gasteiger charge is 2.17. The zero-order valence-electron chi connectivity index (χ0n) is 32.0. The number of hydrogen-bond acceptors (Lipinski definition) is 4. The lowest BCUT2D eigenvalue weighted by molar-refractivity contribution is 0.669. The highest BCUT2D eigenvalue weighted by molar-refractivity contribution is 6.07. The molecule has 230 valence electrons. The SMILES string of the molecule is [2H]c1c(-c2cccc(-c3ccccc3)c2)c([2H])c2c(oc3c([2H])c(-c4nc(-c5ccccc5)nc(-c5ccccc5-c5ccccc5)n4)c([2H])c([2H])c32)c1[2H]. The maximum atomic E-state index is 9.44. The van der Waals surface area contributed by atoms with E-state index < -0.39 is 0 Å². The van der Waals surface area contributed by atoms with E-state index in [-0.39, 0.29) is 75.1 Å². The van der Waals surface area contributed by atoms with E-state index in [1.54, 1.807) is 6.07 Å². The molecule has 0 amide bonds. The maximum absolute atomic E-state index is 9.44. The smallest absolute Gasteiger partial charge is 0.164 e. The van der Waals surface area contributed by atoms with Crippen LogP contribution in [0.5, 0.6) is 0 Å². The zero-order valence-corrected chi connectivity index (χ0v) is 26.0. The first-order valence-corrected chi connectivity index (χ1v) is 15.9. The molecule has 2 aromatic heterocycles. The number of benzene rings is 7. The minimum absolute atomic E-state index is 0.00867. The molecule has 2 heterocycles. The van der Waals surface area contributed by atoms with Crippen LogP contribution in [0.15, 0.2) is 180 Å². The Hall–Kier alpha value is -6.65. The quantitative estimate of drug-likeness (QED) is 0.183. The van der Waals surface area contributed by atoms with Crippen LogP contribution in [-0.4, -0.2) is 15.0 Å². The first-order valence-electron chi connectivity index (χ1n) is 18.9. The van der Waals surface area contributed by atoms with Crippen LogP contribution in [0.1, 0.15) is 8.22 Å². The van der Waals surface area contributed by atoms with Crippen LogP contribution in [0.2, 0.25) is 0 Å². The van der Waals surface area contributed by atoms with Gasteiger partial charge in [-0.1, -0.05) is 146 Å². The largest absolute Gasteiger partial charge is 0.456 e. The lowest BCUT2D eigenvalue weighted by atomic mass is 9.98. The normalized spacial score (nSPS) is 13.0.